The maximum Gasteiger partial charge on any atom is 0.287 e. The first-order valence-electron chi connectivity index (χ1n) is 11.5. The third kappa shape index (κ3) is 5.69. The van der Waals surface area contributed by atoms with Crippen LogP contribution in [0.25, 0.3) is 0 Å². The number of nitrogens with one attached hydrogen (secondary N) is 1. The third-order valence-corrected chi connectivity index (χ3v) is 5.76. The van der Waals surface area contributed by atoms with Crippen LogP contribution in [0.2, 0.25) is 0 Å². The van der Waals surface area contributed by atoms with Crippen LogP contribution in [0.3, 0.4) is 0 Å². The Hall–Kier alpha value is -3.28. The number of hydrogen-bond donors (Lipinski definition) is 1. The molecule has 4 rings (SSSR count). The summed E-state index contributed by atoms with van der Waals surface area (Å²) in [5.41, 5.74) is 2.25. The molecule has 1 N–H and O–H groups in total. The molecule has 6 heteroatoms. The molecule has 3 aromatic rings. The van der Waals surface area contributed by atoms with Gasteiger partial charge in [-0.1, -0.05) is 37.3 Å². The molecule has 1 saturated carbocycles. The minimum absolute atomic E-state index is 0.205. The van der Waals surface area contributed by atoms with Gasteiger partial charge in [0.15, 0.2) is 5.76 Å². The molecule has 2 heterocycles. The number of amides is 2. The van der Waals surface area contributed by atoms with Gasteiger partial charge in [0, 0.05) is 30.9 Å². The molecule has 2 aromatic heterocycles. The van der Waals surface area contributed by atoms with Crippen LogP contribution in [0.5, 0.6) is 0 Å². The number of benzene rings is 1. The van der Waals surface area contributed by atoms with Crippen LogP contribution in [0.1, 0.15) is 53.8 Å². The summed E-state index contributed by atoms with van der Waals surface area (Å²) in [6.45, 7) is 4.56. The largest absolute Gasteiger partial charge is 0.454 e. The summed E-state index contributed by atoms with van der Waals surface area (Å²) < 4.78 is 7.89. The zero-order valence-electron chi connectivity index (χ0n) is 18.6. The molecule has 0 saturated heterocycles. The van der Waals surface area contributed by atoms with Gasteiger partial charge in [0.2, 0.25) is 5.91 Å². The van der Waals surface area contributed by atoms with E-state index in [4.69, 9.17) is 4.42 Å². The minimum atomic E-state index is -0.205. The van der Waals surface area contributed by atoms with E-state index in [0.29, 0.717) is 31.2 Å². The van der Waals surface area contributed by atoms with E-state index in [1.807, 2.05) is 59.6 Å². The van der Waals surface area contributed by atoms with Gasteiger partial charge >= 0.3 is 0 Å². The maximum atomic E-state index is 12.6. The third-order valence-electron chi connectivity index (χ3n) is 5.76. The van der Waals surface area contributed by atoms with Crippen molar-refractivity contribution in [3.63, 3.8) is 0 Å². The van der Waals surface area contributed by atoms with E-state index in [0.717, 1.165) is 37.9 Å². The highest BCUT2D eigenvalue weighted by molar-refractivity contribution is 5.91. The smallest absolute Gasteiger partial charge is 0.287 e. The van der Waals surface area contributed by atoms with Crippen molar-refractivity contribution in [1.29, 1.82) is 0 Å². The SMILES string of the molecule is CCCN(Cc1cccn1Cc1ccc(C(=O)NCCc2ccccc2)o1)C(=O)C1CC1. The van der Waals surface area contributed by atoms with Crippen LogP contribution in [-0.4, -0.2) is 34.4 Å². The fourth-order valence-electron chi connectivity index (χ4n) is 3.87. The highest BCUT2D eigenvalue weighted by atomic mass is 16.4. The standard InChI is InChI=1S/C26H31N3O3/c1-2-16-29(26(31)21-10-11-21)18-22-9-6-17-28(22)19-23-12-13-24(32-23)25(30)27-15-14-20-7-4-3-5-8-20/h3-9,12-13,17,21H,2,10-11,14-16,18-19H2,1H3,(H,27,30). The molecule has 1 aliphatic carbocycles. The first-order valence-corrected chi connectivity index (χ1v) is 11.5. The molecule has 0 bridgehead atoms. The summed E-state index contributed by atoms with van der Waals surface area (Å²) >= 11 is 0. The number of hydrogen-bond acceptors (Lipinski definition) is 3. The molecule has 0 unspecified atom stereocenters. The van der Waals surface area contributed by atoms with Crippen LogP contribution in [0.4, 0.5) is 0 Å². The number of aromatic nitrogens is 1. The van der Waals surface area contributed by atoms with Crippen LogP contribution < -0.4 is 5.32 Å². The van der Waals surface area contributed by atoms with Crippen molar-refractivity contribution in [3.8, 4) is 0 Å². The number of furan rings is 1. The van der Waals surface area contributed by atoms with Crippen LogP contribution in [0.15, 0.2) is 65.2 Å². The summed E-state index contributed by atoms with van der Waals surface area (Å²) in [7, 11) is 0. The van der Waals surface area contributed by atoms with E-state index in [1.54, 1.807) is 6.07 Å². The Labute approximate surface area is 189 Å². The number of rotatable bonds is 11. The Morgan fingerprint density at radius 1 is 1.09 bits per heavy atom. The van der Waals surface area contributed by atoms with Gasteiger partial charge in [-0.25, -0.2) is 0 Å². The van der Waals surface area contributed by atoms with Crippen molar-refractivity contribution in [2.24, 2.45) is 5.92 Å². The first kappa shape index (κ1) is 21.9. The second-order valence-corrected chi connectivity index (χ2v) is 8.42. The van der Waals surface area contributed by atoms with Crippen molar-refractivity contribution in [2.75, 3.05) is 13.1 Å². The normalized spacial score (nSPS) is 13.2. The Morgan fingerprint density at radius 3 is 2.66 bits per heavy atom. The second kappa shape index (κ2) is 10.4. The lowest BCUT2D eigenvalue weighted by atomic mass is 10.1. The van der Waals surface area contributed by atoms with Crippen LogP contribution in [-0.2, 0) is 24.3 Å². The Kier molecular flexibility index (Phi) is 7.10. The number of carbonyl (C=O) groups is 2. The van der Waals surface area contributed by atoms with Crippen molar-refractivity contribution in [2.45, 2.75) is 45.7 Å². The second-order valence-electron chi connectivity index (χ2n) is 8.42. The van der Waals surface area contributed by atoms with Crippen molar-refractivity contribution < 1.29 is 14.0 Å². The average Bonchev–Trinajstić information content (AvgIpc) is 3.40. The van der Waals surface area contributed by atoms with Crippen LogP contribution >= 0.6 is 0 Å². The maximum absolute atomic E-state index is 12.6. The van der Waals surface area contributed by atoms with Crippen molar-refractivity contribution in [3.05, 3.63) is 83.6 Å². The lowest BCUT2D eigenvalue weighted by Gasteiger charge is -2.23. The molecule has 0 atom stereocenters. The van der Waals surface area contributed by atoms with Crippen molar-refractivity contribution in [1.82, 2.24) is 14.8 Å². The lowest BCUT2D eigenvalue weighted by Crippen LogP contribution is -2.33. The number of nitrogens with zero attached hydrogens (tertiary/aromatic N) is 2. The van der Waals surface area contributed by atoms with E-state index in [2.05, 4.69) is 16.8 Å². The predicted molar refractivity (Wildman–Crippen MR) is 123 cm³/mol. The highest BCUT2D eigenvalue weighted by Gasteiger charge is 2.33. The van der Waals surface area contributed by atoms with E-state index in [1.165, 1.54) is 5.56 Å². The van der Waals surface area contributed by atoms with E-state index in [9.17, 15) is 9.59 Å². The molecule has 32 heavy (non-hydrogen) atoms. The number of carbonyl (C=O) groups excluding carboxylic acids is 2. The van der Waals surface area contributed by atoms with Gasteiger partial charge in [0.25, 0.3) is 5.91 Å². The molecule has 168 valence electrons. The molecule has 2 amide bonds. The fraction of sp³-hybridized carbons (Fsp3) is 0.385. The minimum Gasteiger partial charge on any atom is -0.454 e. The van der Waals surface area contributed by atoms with E-state index >= 15 is 0 Å². The fourth-order valence-corrected chi connectivity index (χ4v) is 3.87. The lowest BCUT2D eigenvalue weighted by molar-refractivity contribution is -0.133. The summed E-state index contributed by atoms with van der Waals surface area (Å²) in [6.07, 6.45) is 5.75. The van der Waals surface area contributed by atoms with E-state index in [-0.39, 0.29) is 17.7 Å². The van der Waals surface area contributed by atoms with E-state index < -0.39 is 0 Å². The summed E-state index contributed by atoms with van der Waals surface area (Å²) in [5.74, 6) is 1.32. The van der Waals surface area contributed by atoms with Gasteiger partial charge in [-0.05, 0) is 55.5 Å². The zero-order chi connectivity index (χ0) is 22.3. The molecule has 6 nitrogen and oxygen atoms in total. The Balaban J connectivity index is 1.33. The quantitative estimate of drug-likeness (QED) is 0.492. The van der Waals surface area contributed by atoms with Crippen LogP contribution in [0, 0.1) is 5.92 Å². The molecular weight excluding hydrogens is 402 g/mol. The Morgan fingerprint density at radius 2 is 1.91 bits per heavy atom. The molecule has 0 radical (unpaired) electrons. The van der Waals surface area contributed by atoms with Gasteiger partial charge in [-0.2, -0.15) is 0 Å². The van der Waals surface area contributed by atoms with Gasteiger partial charge in [-0.3, -0.25) is 9.59 Å². The molecule has 0 aliphatic heterocycles. The summed E-state index contributed by atoms with van der Waals surface area (Å²) in [6, 6.07) is 17.7. The van der Waals surface area contributed by atoms with Gasteiger partial charge in [-0.15, -0.1) is 0 Å². The monoisotopic (exact) mass is 433 g/mol. The first-order chi connectivity index (χ1) is 15.6. The zero-order valence-corrected chi connectivity index (χ0v) is 18.6. The molecule has 1 aliphatic rings. The Bertz CT molecular complexity index is 1030. The summed E-state index contributed by atoms with van der Waals surface area (Å²) in [5, 5.41) is 2.92. The van der Waals surface area contributed by atoms with Crippen molar-refractivity contribution >= 4 is 11.8 Å². The molecule has 1 aromatic carbocycles. The molecule has 1 fully saturated rings. The topological polar surface area (TPSA) is 67.5 Å². The summed E-state index contributed by atoms with van der Waals surface area (Å²) in [4.78, 5) is 27.0. The van der Waals surface area contributed by atoms with Gasteiger partial charge in [0.1, 0.15) is 5.76 Å². The predicted octanol–water partition coefficient (Wildman–Crippen LogP) is 4.25. The molecular formula is C26H31N3O3. The average molecular weight is 434 g/mol. The van der Waals surface area contributed by atoms with Gasteiger partial charge < -0.3 is 19.2 Å². The van der Waals surface area contributed by atoms with Gasteiger partial charge in [0.05, 0.1) is 13.1 Å². The highest BCUT2D eigenvalue weighted by Crippen LogP contribution is 2.31. The molecule has 0 spiro atoms.